The van der Waals surface area contributed by atoms with E-state index in [0.29, 0.717) is 18.8 Å². The summed E-state index contributed by atoms with van der Waals surface area (Å²) in [6.45, 7) is 13.3. The van der Waals surface area contributed by atoms with Gasteiger partial charge in [-0.05, 0) is 87.5 Å². The summed E-state index contributed by atoms with van der Waals surface area (Å²) in [5.41, 5.74) is 2.13. The number of benzene rings is 2. The van der Waals surface area contributed by atoms with Gasteiger partial charge in [0, 0.05) is 5.92 Å². The second-order valence-corrected chi connectivity index (χ2v) is 19.7. The number of esters is 1. The van der Waals surface area contributed by atoms with Crippen LogP contribution in [0.1, 0.15) is 11.1 Å². The summed E-state index contributed by atoms with van der Waals surface area (Å²) in [6, 6.07) is 12.0. The first kappa shape index (κ1) is 26.2. The van der Waals surface area contributed by atoms with Crippen LogP contribution in [0.15, 0.2) is 36.4 Å². The van der Waals surface area contributed by atoms with E-state index < -0.39 is 16.6 Å². The topological polar surface area (TPSA) is 63.2 Å². The lowest BCUT2D eigenvalue weighted by atomic mass is 9.85. The van der Waals surface area contributed by atoms with Crippen LogP contribution in [0.2, 0.25) is 39.3 Å². The largest absolute Gasteiger partial charge is 0.542 e. The lowest BCUT2D eigenvalue weighted by Gasteiger charge is -2.22. The van der Waals surface area contributed by atoms with Crippen LogP contribution >= 0.6 is 0 Å². The summed E-state index contributed by atoms with van der Waals surface area (Å²) in [7, 11) is -0.209. The molecule has 1 saturated heterocycles. The smallest absolute Gasteiger partial charge is 0.309 e. The van der Waals surface area contributed by atoms with Gasteiger partial charge in [-0.25, -0.2) is 0 Å². The molecule has 6 nitrogen and oxygen atoms in total. The molecule has 0 N–H and O–H groups in total. The number of carbonyl (C=O) groups excluding carboxylic acids is 1. The predicted octanol–water partition coefficient (Wildman–Crippen LogP) is 5.71. The normalized spacial score (nSPS) is 18.4. The van der Waals surface area contributed by atoms with Crippen molar-refractivity contribution in [3.05, 3.63) is 47.5 Å². The molecule has 2 aromatic carbocycles. The summed E-state index contributed by atoms with van der Waals surface area (Å²) in [6.07, 6.45) is 1.33. The molecule has 2 aromatic rings. The average Bonchev–Trinajstić information content (AvgIpc) is 3.07. The van der Waals surface area contributed by atoms with Gasteiger partial charge in [-0.15, -0.1) is 0 Å². The van der Waals surface area contributed by atoms with Crippen molar-refractivity contribution in [3.63, 3.8) is 0 Å². The van der Waals surface area contributed by atoms with E-state index in [4.69, 9.17) is 23.1 Å². The average molecular weight is 503 g/mol. The van der Waals surface area contributed by atoms with Crippen molar-refractivity contribution in [3.8, 4) is 23.0 Å². The maximum absolute atomic E-state index is 12.6. The van der Waals surface area contributed by atoms with Gasteiger partial charge in [-0.2, -0.15) is 0 Å². The highest BCUT2D eigenvalue weighted by molar-refractivity contribution is 6.70. The molecular formula is C26H38O6Si2. The molecule has 2 atom stereocenters. The monoisotopic (exact) mass is 502 g/mol. The third-order valence-electron chi connectivity index (χ3n) is 5.55. The lowest BCUT2D eigenvalue weighted by molar-refractivity contribution is -0.141. The number of cyclic esters (lactones) is 1. The standard InChI is InChI=1S/C26H38O6Si2/c1-28-24-15-18(9-11-22(24)31-33(3,4)5)13-20-17-30-26(27)21(20)14-19-10-12-23(25(16-19)29-2)32-34(6,7)8/h9-12,15-16,20-21H,13-14,17H2,1-8H3. The SMILES string of the molecule is COc1cc(CC2COC(=O)C2Cc2ccc(O[Si](C)(C)C)c(OC)c2)ccc1O[Si](C)(C)C. The van der Waals surface area contributed by atoms with Crippen LogP contribution in [0.25, 0.3) is 0 Å². The summed E-state index contributed by atoms with van der Waals surface area (Å²) >= 11 is 0. The van der Waals surface area contributed by atoms with E-state index in [2.05, 4.69) is 45.3 Å². The Kier molecular flexibility index (Phi) is 8.03. The summed E-state index contributed by atoms with van der Waals surface area (Å²) in [5, 5.41) is 0. The number of methoxy groups -OCH3 is 2. The third kappa shape index (κ3) is 7.02. The lowest BCUT2D eigenvalue weighted by Crippen LogP contribution is -2.29. The minimum absolute atomic E-state index is 0.0878. The van der Waals surface area contributed by atoms with Crippen molar-refractivity contribution in [1.29, 1.82) is 0 Å². The number of hydrogen-bond acceptors (Lipinski definition) is 6. The van der Waals surface area contributed by atoms with Crippen LogP contribution in [0.5, 0.6) is 23.0 Å². The highest BCUT2D eigenvalue weighted by Crippen LogP contribution is 2.36. The van der Waals surface area contributed by atoms with E-state index in [9.17, 15) is 4.79 Å². The van der Waals surface area contributed by atoms with Crippen LogP contribution in [0.3, 0.4) is 0 Å². The van der Waals surface area contributed by atoms with E-state index >= 15 is 0 Å². The fourth-order valence-corrected chi connectivity index (χ4v) is 5.78. The number of rotatable bonds is 10. The zero-order chi connectivity index (χ0) is 25.1. The molecule has 0 saturated carbocycles. The van der Waals surface area contributed by atoms with E-state index in [0.717, 1.165) is 34.8 Å². The first-order valence-electron chi connectivity index (χ1n) is 11.8. The third-order valence-corrected chi connectivity index (χ3v) is 7.22. The van der Waals surface area contributed by atoms with Crippen LogP contribution in [0.4, 0.5) is 0 Å². The highest BCUT2D eigenvalue weighted by Gasteiger charge is 2.37. The molecule has 0 bridgehead atoms. The molecule has 3 rings (SSSR count). The van der Waals surface area contributed by atoms with Crippen LogP contribution in [0, 0.1) is 11.8 Å². The highest BCUT2D eigenvalue weighted by atomic mass is 28.4. The molecule has 1 aliphatic heterocycles. The van der Waals surface area contributed by atoms with Crippen LogP contribution in [-0.2, 0) is 22.4 Å². The molecule has 8 heteroatoms. The van der Waals surface area contributed by atoms with Gasteiger partial charge in [0.1, 0.15) is 11.5 Å². The maximum atomic E-state index is 12.6. The quantitative estimate of drug-likeness (QED) is 0.306. The van der Waals surface area contributed by atoms with Gasteiger partial charge in [-0.1, -0.05) is 12.1 Å². The van der Waals surface area contributed by atoms with Gasteiger partial charge in [0.2, 0.25) is 16.6 Å². The van der Waals surface area contributed by atoms with Gasteiger partial charge >= 0.3 is 5.97 Å². The molecule has 1 fully saturated rings. The Morgan fingerprint density at radius 1 is 0.765 bits per heavy atom. The number of carbonyl (C=O) groups is 1. The van der Waals surface area contributed by atoms with Crippen molar-refractivity contribution < 1.29 is 27.9 Å². The van der Waals surface area contributed by atoms with Gasteiger partial charge in [0.25, 0.3) is 0 Å². The molecule has 1 heterocycles. The minimum atomic E-state index is -1.76. The van der Waals surface area contributed by atoms with E-state index in [1.807, 2.05) is 30.3 Å². The molecule has 0 amide bonds. The Morgan fingerprint density at radius 3 is 1.68 bits per heavy atom. The van der Waals surface area contributed by atoms with Crippen molar-refractivity contribution in [1.82, 2.24) is 0 Å². The first-order chi connectivity index (χ1) is 15.9. The molecule has 0 radical (unpaired) electrons. The minimum Gasteiger partial charge on any atom is -0.542 e. The van der Waals surface area contributed by atoms with Crippen molar-refractivity contribution in [2.75, 3.05) is 20.8 Å². The summed E-state index contributed by atoms with van der Waals surface area (Å²) < 4.78 is 28.9. The van der Waals surface area contributed by atoms with Crippen LogP contribution in [-0.4, -0.2) is 43.4 Å². The summed E-state index contributed by atoms with van der Waals surface area (Å²) in [4.78, 5) is 12.6. The van der Waals surface area contributed by atoms with E-state index in [1.165, 1.54) is 0 Å². The maximum Gasteiger partial charge on any atom is 0.309 e. The Hall–Kier alpha value is -2.46. The molecule has 0 spiro atoms. The molecule has 34 heavy (non-hydrogen) atoms. The van der Waals surface area contributed by atoms with Crippen molar-refractivity contribution >= 4 is 22.6 Å². The fraction of sp³-hybridized carbons (Fsp3) is 0.500. The van der Waals surface area contributed by atoms with Crippen molar-refractivity contribution in [2.45, 2.75) is 52.1 Å². The van der Waals surface area contributed by atoms with Crippen LogP contribution < -0.4 is 18.3 Å². The zero-order valence-corrected chi connectivity index (χ0v) is 23.7. The van der Waals surface area contributed by atoms with Crippen molar-refractivity contribution in [2.24, 2.45) is 11.8 Å². The Morgan fingerprint density at radius 2 is 1.24 bits per heavy atom. The molecule has 2 unspecified atom stereocenters. The fourth-order valence-electron chi connectivity index (χ4n) is 4.12. The number of ether oxygens (including phenoxy) is 3. The van der Waals surface area contributed by atoms with E-state index in [1.54, 1.807) is 14.2 Å². The van der Waals surface area contributed by atoms with Gasteiger partial charge < -0.3 is 23.1 Å². The Labute approximate surface area is 205 Å². The molecule has 186 valence electrons. The van der Waals surface area contributed by atoms with E-state index in [-0.39, 0.29) is 17.8 Å². The Bertz CT molecular complexity index is 1010. The van der Waals surface area contributed by atoms with Gasteiger partial charge in [-0.3, -0.25) is 4.79 Å². The predicted molar refractivity (Wildman–Crippen MR) is 139 cm³/mol. The molecule has 0 aromatic heterocycles. The van der Waals surface area contributed by atoms with Gasteiger partial charge in [0.05, 0.1) is 26.7 Å². The molecule has 0 aliphatic carbocycles. The summed E-state index contributed by atoms with van der Waals surface area (Å²) in [5.74, 6) is 2.69. The molecular weight excluding hydrogens is 464 g/mol. The Balaban J connectivity index is 1.76. The molecule has 1 aliphatic rings. The van der Waals surface area contributed by atoms with Gasteiger partial charge in [0.15, 0.2) is 11.5 Å². The number of hydrogen-bond donors (Lipinski definition) is 0. The second kappa shape index (κ2) is 10.4. The first-order valence-corrected chi connectivity index (χ1v) is 18.6. The zero-order valence-electron chi connectivity index (χ0n) is 21.7. The second-order valence-electron chi connectivity index (χ2n) is 10.8.